The first-order valence-corrected chi connectivity index (χ1v) is 13.1. The fraction of sp³-hybridized carbons (Fsp3) is 0.233. The number of carbonyl (C=O) groups is 2. The molecule has 6 nitrogen and oxygen atoms in total. The van der Waals surface area contributed by atoms with Crippen molar-refractivity contribution in [1.29, 1.82) is 0 Å². The summed E-state index contributed by atoms with van der Waals surface area (Å²) in [7, 11) is 0. The molecule has 2 N–H and O–H groups in total. The van der Waals surface area contributed by atoms with E-state index in [2.05, 4.69) is 41.4 Å². The van der Waals surface area contributed by atoms with E-state index >= 15 is 0 Å². The maximum Gasteiger partial charge on any atom is 0.326 e. The second kappa shape index (κ2) is 11.8. The van der Waals surface area contributed by atoms with Crippen molar-refractivity contribution in [3.05, 3.63) is 106 Å². The molecule has 4 aromatic rings. The Labute approximate surface area is 221 Å². The summed E-state index contributed by atoms with van der Waals surface area (Å²) in [6.45, 7) is 6.94. The molecule has 0 spiro atoms. The molecule has 1 amide bonds. The van der Waals surface area contributed by atoms with Gasteiger partial charge in [0, 0.05) is 29.1 Å². The Morgan fingerprint density at radius 2 is 1.46 bits per heavy atom. The number of carboxylic acid groups (broad SMARTS) is 1. The monoisotopic (exact) mass is 513 g/mol. The van der Waals surface area contributed by atoms with Gasteiger partial charge in [-0.3, -0.25) is 4.79 Å². The number of carbonyl (C=O) groups excluding carboxylic acids is 1. The number of amides is 1. The summed E-state index contributed by atoms with van der Waals surface area (Å²) in [5.41, 5.74) is 4.73. The number of rotatable bonds is 10. The van der Waals surface area contributed by atoms with Crippen LogP contribution in [-0.4, -0.2) is 28.0 Å². The van der Waals surface area contributed by atoms with Gasteiger partial charge >= 0.3 is 5.97 Å². The van der Waals surface area contributed by atoms with Crippen molar-refractivity contribution in [2.45, 2.75) is 39.9 Å². The van der Waals surface area contributed by atoms with E-state index < -0.39 is 17.9 Å². The lowest BCUT2D eigenvalue weighted by molar-refractivity contribution is -0.140. The molecule has 7 heteroatoms. The SMILES string of the molecule is Cc1sc(N(Cc2ccccc2)Cc2ccc(C(=O)NC(C(=O)O)C(C)C)cc2)nc1-c1ccccc1. The van der Waals surface area contributed by atoms with E-state index in [9.17, 15) is 14.7 Å². The van der Waals surface area contributed by atoms with Crippen LogP contribution in [0, 0.1) is 12.8 Å². The van der Waals surface area contributed by atoms with Gasteiger partial charge in [0.1, 0.15) is 6.04 Å². The van der Waals surface area contributed by atoms with Gasteiger partial charge in [-0.25, -0.2) is 9.78 Å². The van der Waals surface area contributed by atoms with E-state index in [1.165, 1.54) is 5.56 Å². The molecule has 190 valence electrons. The molecule has 0 fully saturated rings. The topological polar surface area (TPSA) is 82.5 Å². The normalized spacial score (nSPS) is 11.8. The maximum atomic E-state index is 12.6. The zero-order chi connectivity index (χ0) is 26.4. The summed E-state index contributed by atoms with van der Waals surface area (Å²) >= 11 is 1.67. The van der Waals surface area contributed by atoms with E-state index in [0.29, 0.717) is 18.7 Å². The molecular formula is C30H31N3O3S. The lowest BCUT2D eigenvalue weighted by Gasteiger charge is -2.22. The Balaban J connectivity index is 1.56. The summed E-state index contributed by atoms with van der Waals surface area (Å²) < 4.78 is 0. The second-order valence-corrected chi connectivity index (χ2v) is 10.5. The third-order valence-corrected chi connectivity index (χ3v) is 7.16. The second-order valence-electron chi connectivity index (χ2n) is 9.34. The highest BCUT2D eigenvalue weighted by Gasteiger charge is 2.24. The van der Waals surface area contributed by atoms with Crippen LogP contribution < -0.4 is 10.2 Å². The van der Waals surface area contributed by atoms with E-state index in [1.807, 2.05) is 48.5 Å². The summed E-state index contributed by atoms with van der Waals surface area (Å²) in [6.07, 6.45) is 0. The van der Waals surface area contributed by atoms with E-state index in [4.69, 9.17) is 4.98 Å². The predicted octanol–water partition coefficient (Wildman–Crippen LogP) is 6.16. The van der Waals surface area contributed by atoms with E-state index in [-0.39, 0.29) is 5.92 Å². The number of anilines is 1. The van der Waals surface area contributed by atoms with Crippen LogP contribution in [0.1, 0.15) is 40.2 Å². The fourth-order valence-electron chi connectivity index (χ4n) is 4.10. The van der Waals surface area contributed by atoms with Gasteiger partial charge in [-0.2, -0.15) is 0 Å². The van der Waals surface area contributed by atoms with Gasteiger partial charge in [-0.15, -0.1) is 11.3 Å². The number of aryl methyl sites for hydroxylation is 1. The van der Waals surface area contributed by atoms with E-state index in [1.54, 1.807) is 37.3 Å². The van der Waals surface area contributed by atoms with Crippen LogP contribution in [0.25, 0.3) is 11.3 Å². The first kappa shape index (κ1) is 26.1. The third-order valence-electron chi connectivity index (χ3n) is 6.13. The van der Waals surface area contributed by atoms with Crippen molar-refractivity contribution >= 4 is 28.3 Å². The molecule has 0 saturated heterocycles. The average molecular weight is 514 g/mol. The molecule has 0 aliphatic carbocycles. The summed E-state index contributed by atoms with van der Waals surface area (Å²) in [5, 5.41) is 12.9. The highest BCUT2D eigenvalue weighted by Crippen LogP contribution is 2.34. The van der Waals surface area contributed by atoms with Gasteiger partial charge in [0.15, 0.2) is 5.13 Å². The molecule has 0 aliphatic heterocycles. The molecule has 0 bridgehead atoms. The molecule has 3 aromatic carbocycles. The number of aromatic nitrogens is 1. The van der Waals surface area contributed by atoms with Crippen molar-refractivity contribution in [2.24, 2.45) is 5.92 Å². The van der Waals surface area contributed by atoms with Gasteiger partial charge in [0.25, 0.3) is 5.91 Å². The number of nitrogens with one attached hydrogen (secondary N) is 1. The molecule has 0 saturated carbocycles. The molecule has 37 heavy (non-hydrogen) atoms. The summed E-state index contributed by atoms with van der Waals surface area (Å²) in [5.74, 6) is -1.64. The minimum atomic E-state index is -1.04. The Hall–Kier alpha value is -3.97. The van der Waals surface area contributed by atoms with Crippen LogP contribution in [0.15, 0.2) is 84.9 Å². The van der Waals surface area contributed by atoms with Crippen LogP contribution in [0.4, 0.5) is 5.13 Å². The molecule has 1 atom stereocenters. The largest absolute Gasteiger partial charge is 0.480 e. The van der Waals surface area contributed by atoms with Gasteiger partial charge in [-0.05, 0) is 36.1 Å². The quantitative estimate of drug-likeness (QED) is 0.265. The summed E-state index contributed by atoms with van der Waals surface area (Å²) in [4.78, 5) is 32.5. The molecule has 4 rings (SSSR count). The Morgan fingerprint density at radius 3 is 2.03 bits per heavy atom. The first-order chi connectivity index (χ1) is 17.8. The van der Waals surface area contributed by atoms with Crippen molar-refractivity contribution < 1.29 is 14.7 Å². The number of aliphatic carboxylic acids is 1. The number of hydrogen-bond acceptors (Lipinski definition) is 5. The van der Waals surface area contributed by atoms with Crippen LogP contribution in [0.2, 0.25) is 0 Å². The lowest BCUT2D eigenvalue weighted by atomic mass is 10.0. The van der Waals surface area contributed by atoms with Gasteiger partial charge in [0.05, 0.1) is 5.69 Å². The summed E-state index contributed by atoms with van der Waals surface area (Å²) in [6, 6.07) is 26.9. The predicted molar refractivity (Wildman–Crippen MR) is 149 cm³/mol. The third kappa shape index (κ3) is 6.62. The minimum absolute atomic E-state index is 0.213. The number of carboxylic acids is 1. The number of hydrogen-bond donors (Lipinski definition) is 2. The highest BCUT2D eigenvalue weighted by molar-refractivity contribution is 7.16. The average Bonchev–Trinajstić information content (AvgIpc) is 3.29. The molecule has 1 heterocycles. The maximum absolute atomic E-state index is 12.6. The standard InChI is InChI=1S/C30H31N3O3S/c1-20(2)26(29(35)36)31-28(34)25-16-14-23(15-17-25)19-33(18-22-10-6-4-7-11-22)30-32-27(21(3)37-30)24-12-8-5-9-13-24/h4-17,20,26H,18-19H2,1-3H3,(H,31,34)(H,35,36). The Bertz CT molecular complexity index is 1340. The van der Waals surface area contributed by atoms with Crippen molar-refractivity contribution in [1.82, 2.24) is 10.3 Å². The Kier molecular flexibility index (Phi) is 8.36. The molecular weight excluding hydrogens is 482 g/mol. The number of thiazole rings is 1. The van der Waals surface area contributed by atoms with Crippen molar-refractivity contribution in [3.63, 3.8) is 0 Å². The molecule has 0 aliphatic rings. The van der Waals surface area contributed by atoms with Crippen molar-refractivity contribution in [3.8, 4) is 11.3 Å². The van der Waals surface area contributed by atoms with E-state index in [0.717, 1.165) is 26.8 Å². The zero-order valence-electron chi connectivity index (χ0n) is 21.2. The van der Waals surface area contributed by atoms with Gasteiger partial charge < -0.3 is 15.3 Å². The number of nitrogens with zero attached hydrogens (tertiary/aromatic N) is 2. The molecule has 1 unspecified atom stereocenters. The zero-order valence-corrected chi connectivity index (χ0v) is 22.0. The molecule has 0 radical (unpaired) electrons. The number of benzene rings is 3. The minimum Gasteiger partial charge on any atom is -0.480 e. The molecule has 1 aromatic heterocycles. The van der Waals surface area contributed by atoms with Crippen molar-refractivity contribution in [2.75, 3.05) is 4.90 Å². The van der Waals surface area contributed by atoms with Crippen LogP contribution in [0.3, 0.4) is 0 Å². The van der Waals surface area contributed by atoms with Crippen LogP contribution in [0.5, 0.6) is 0 Å². The van der Waals surface area contributed by atoms with Crippen LogP contribution >= 0.6 is 11.3 Å². The van der Waals surface area contributed by atoms with Crippen LogP contribution in [-0.2, 0) is 17.9 Å². The first-order valence-electron chi connectivity index (χ1n) is 12.3. The highest BCUT2D eigenvalue weighted by atomic mass is 32.1. The lowest BCUT2D eigenvalue weighted by Crippen LogP contribution is -2.44. The Morgan fingerprint density at radius 1 is 0.892 bits per heavy atom. The van der Waals surface area contributed by atoms with Gasteiger partial charge in [-0.1, -0.05) is 86.6 Å². The smallest absolute Gasteiger partial charge is 0.326 e. The van der Waals surface area contributed by atoms with Gasteiger partial charge in [0.2, 0.25) is 0 Å². The fourth-order valence-corrected chi connectivity index (χ4v) is 5.03.